The van der Waals surface area contributed by atoms with Crippen molar-refractivity contribution >= 4 is 17.1 Å². The average molecular weight is 298 g/mol. The zero-order valence-electron chi connectivity index (χ0n) is 13.2. The minimum atomic E-state index is -0.125. The zero-order chi connectivity index (χ0) is 16.1. The lowest BCUT2D eigenvalue weighted by Crippen LogP contribution is -2.36. The standard InChI is InChI=1S/C18H22N2O2/c1-13(2)18(19-15-8-7-11-17(21)12-15)14(3)20(22)16-9-5-4-6-10-16/h4-13,18-19,21H,1-3H3. The van der Waals surface area contributed by atoms with Crippen LogP contribution in [0.3, 0.4) is 0 Å². The Hall–Kier alpha value is -2.49. The molecule has 4 nitrogen and oxygen atoms in total. The van der Waals surface area contributed by atoms with Gasteiger partial charge in [-0.25, -0.2) is 0 Å². The lowest BCUT2D eigenvalue weighted by atomic mass is 9.99. The summed E-state index contributed by atoms with van der Waals surface area (Å²) in [7, 11) is 0. The number of nitrogens with one attached hydrogen (secondary N) is 1. The molecule has 1 atom stereocenters. The Morgan fingerprint density at radius 2 is 1.77 bits per heavy atom. The quantitative estimate of drug-likeness (QED) is 0.377. The highest BCUT2D eigenvalue weighted by molar-refractivity contribution is 5.86. The van der Waals surface area contributed by atoms with Crippen molar-refractivity contribution in [2.75, 3.05) is 5.32 Å². The molecule has 0 fully saturated rings. The fraction of sp³-hybridized carbons (Fsp3) is 0.278. The van der Waals surface area contributed by atoms with Crippen molar-refractivity contribution in [3.63, 3.8) is 0 Å². The molecular weight excluding hydrogens is 276 g/mol. The molecule has 0 aliphatic heterocycles. The summed E-state index contributed by atoms with van der Waals surface area (Å²) in [6, 6.07) is 16.0. The summed E-state index contributed by atoms with van der Waals surface area (Å²) in [5.74, 6) is 0.426. The van der Waals surface area contributed by atoms with Gasteiger partial charge in [0.1, 0.15) is 11.8 Å². The van der Waals surface area contributed by atoms with Crippen molar-refractivity contribution in [1.82, 2.24) is 0 Å². The number of benzene rings is 2. The van der Waals surface area contributed by atoms with Gasteiger partial charge in [-0.3, -0.25) is 0 Å². The second-order valence-electron chi connectivity index (χ2n) is 5.69. The van der Waals surface area contributed by atoms with E-state index in [1.165, 1.54) is 0 Å². The van der Waals surface area contributed by atoms with Crippen LogP contribution in [0.2, 0.25) is 0 Å². The Kier molecular flexibility index (Phi) is 5.04. The molecule has 0 aliphatic carbocycles. The van der Waals surface area contributed by atoms with Crippen LogP contribution in [-0.2, 0) is 0 Å². The molecule has 2 rings (SSSR count). The third-order valence-electron chi connectivity index (χ3n) is 3.60. The van der Waals surface area contributed by atoms with Crippen LogP contribution >= 0.6 is 0 Å². The maximum atomic E-state index is 12.5. The molecule has 2 aromatic rings. The summed E-state index contributed by atoms with van der Waals surface area (Å²) < 4.78 is 0.959. The van der Waals surface area contributed by atoms with Crippen molar-refractivity contribution in [3.05, 3.63) is 59.8 Å². The Morgan fingerprint density at radius 1 is 1.09 bits per heavy atom. The molecule has 0 saturated heterocycles. The molecule has 4 heteroatoms. The van der Waals surface area contributed by atoms with E-state index in [2.05, 4.69) is 19.2 Å². The summed E-state index contributed by atoms with van der Waals surface area (Å²) in [6.07, 6.45) is 0. The molecule has 0 amide bonds. The van der Waals surface area contributed by atoms with Gasteiger partial charge in [0.25, 0.3) is 0 Å². The number of anilines is 1. The summed E-state index contributed by atoms with van der Waals surface area (Å²) in [4.78, 5) is 0. The van der Waals surface area contributed by atoms with Gasteiger partial charge in [0.05, 0.1) is 0 Å². The largest absolute Gasteiger partial charge is 0.618 e. The summed E-state index contributed by atoms with van der Waals surface area (Å²) in [6.45, 7) is 5.95. The molecule has 0 radical (unpaired) electrons. The number of hydrogen-bond acceptors (Lipinski definition) is 3. The monoisotopic (exact) mass is 298 g/mol. The Balaban J connectivity index is 2.31. The highest BCUT2D eigenvalue weighted by atomic mass is 16.5. The number of para-hydroxylation sites is 1. The normalized spacial score (nSPS) is 13.6. The van der Waals surface area contributed by atoms with E-state index in [9.17, 15) is 10.3 Å². The summed E-state index contributed by atoms with van der Waals surface area (Å²) in [5, 5.41) is 25.4. The molecule has 0 bridgehead atoms. The predicted molar refractivity (Wildman–Crippen MR) is 90.8 cm³/mol. The van der Waals surface area contributed by atoms with Crippen LogP contribution in [0, 0.1) is 11.1 Å². The number of phenols is 1. The van der Waals surface area contributed by atoms with Gasteiger partial charge in [-0.1, -0.05) is 38.1 Å². The third kappa shape index (κ3) is 3.79. The third-order valence-corrected chi connectivity index (χ3v) is 3.60. The van der Waals surface area contributed by atoms with E-state index in [-0.39, 0.29) is 17.7 Å². The van der Waals surface area contributed by atoms with E-state index in [1.54, 1.807) is 30.3 Å². The molecule has 2 aromatic carbocycles. The molecule has 0 heterocycles. The molecular formula is C18H22N2O2. The molecule has 0 aliphatic rings. The van der Waals surface area contributed by atoms with Crippen LogP contribution in [-0.4, -0.2) is 21.6 Å². The molecule has 22 heavy (non-hydrogen) atoms. The van der Waals surface area contributed by atoms with Gasteiger partial charge in [0.15, 0.2) is 5.71 Å². The Morgan fingerprint density at radius 3 is 2.36 bits per heavy atom. The van der Waals surface area contributed by atoms with E-state index in [4.69, 9.17) is 0 Å². The van der Waals surface area contributed by atoms with Gasteiger partial charge in [-0.2, -0.15) is 4.74 Å². The lowest BCUT2D eigenvalue weighted by Gasteiger charge is -2.23. The number of hydrogen-bond donors (Lipinski definition) is 2. The van der Waals surface area contributed by atoms with E-state index in [0.29, 0.717) is 11.4 Å². The SMILES string of the molecule is CC(C(Nc1cccc(O)c1)C(C)C)=[N+]([O-])c1ccccc1. The van der Waals surface area contributed by atoms with Gasteiger partial charge in [-0.05, 0) is 18.1 Å². The van der Waals surface area contributed by atoms with Gasteiger partial charge in [0.2, 0.25) is 5.69 Å². The maximum Gasteiger partial charge on any atom is 0.216 e. The van der Waals surface area contributed by atoms with Crippen LogP contribution in [0.1, 0.15) is 20.8 Å². The molecule has 0 spiro atoms. The highest BCUT2D eigenvalue weighted by Gasteiger charge is 2.23. The Labute approximate surface area is 131 Å². The topological polar surface area (TPSA) is 58.3 Å². The Bertz CT molecular complexity index is 651. The van der Waals surface area contributed by atoms with Crippen molar-refractivity contribution in [2.45, 2.75) is 26.8 Å². The van der Waals surface area contributed by atoms with Crippen molar-refractivity contribution in [1.29, 1.82) is 0 Å². The number of rotatable bonds is 5. The molecule has 0 aromatic heterocycles. The molecule has 1 unspecified atom stereocenters. The first kappa shape index (κ1) is 15.9. The first-order valence-electron chi connectivity index (χ1n) is 7.40. The summed E-state index contributed by atoms with van der Waals surface area (Å²) in [5.41, 5.74) is 2.09. The van der Waals surface area contributed by atoms with Crippen LogP contribution in [0.5, 0.6) is 5.75 Å². The zero-order valence-corrected chi connectivity index (χ0v) is 13.2. The fourth-order valence-corrected chi connectivity index (χ4v) is 2.42. The van der Waals surface area contributed by atoms with E-state index >= 15 is 0 Å². The van der Waals surface area contributed by atoms with Crippen LogP contribution < -0.4 is 5.32 Å². The van der Waals surface area contributed by atoms with E-state index in [0.717, 1.165) is 10.4 Å². The van der Waals surface area contributed by atoms with Crippen molar-refractivity contribution in [2.24, 2.45) is 5.92 Å². The van der Waals surface area contributed by atoms with Crippen LogP contribution in [0.15, 0.2) is 54.6 Å². The minimum absolute atomic E-state index is 0.125. The highest BCUT2D eigenvalue weighted by Crippen LogP contribution is 2.20. The lowest BCUT2D eigenvalue weighted by molar-refractivity contribution is -0.363. The van der Waals surface area contributed by atoms with Gasteiger partial charge in [0, 0.05) is 30.8 Å². The minimum Gasteiger partial charge on any atom is -0.618 e. The smallest absolute Gasteiger partial charge is 0.216 e. The molecule has 2 N–H and O–H groups in total. The second kappa shape index (κ2) is 6.98. The van der Waals surface area contributed by atoms with Gasteiger partial charge < -0.3 is 15.6 Å². The molecule has 116 valence electrons. The van der Waals surface area contributed by atoms with Crippen molar-refractivity contribution < 1.29 is 9.85 Å². The number of nitrogens with zero attached hydrogens (tertiary/aromatic N) is 1. The first-order chi connectivity index (χ1) is 10.5. The second-order valence-corrected chi connectivity index (χ2v) is 5.69. The van der Waals surface area contributed by atoms with Crippen molar-refractivity contribution in [3.8, 4) is 5.75 Å². The van der Waals surface area contributed by atoms with Crippen LogP contribution in [0.25, 0.3) is 0 Å². The van der Waals surface area contributed by atoms with Crippen LogP contribution in [0.4, 0.5) is 11.4 Å². The number of phenolic OH excluding ortho intramolecular Hbond substituents is 1. The first-order valence-corrected chi connectivity index (χ1v) is 7.40. The predicted octanol–water partition coefficient (Wildman–Crippen LogP) is 4.13. The van der Waals surface area contributed by atoms with E-state index < -0.39 is 0 Å². The fourth-order valence-electron chi connectivity index (χ4n) is 2.42. The van der Waals surface area contributed by atoms with Gasteiger partial charge in [-0.15, -0.1) is 0 Å². The number of aromatic hydroxyl groups is 1. The van der Waals surface area contributed by atoms with Gasteiger partial charge >= 0.3 is 0 Å². The average Bonchev–Trinajstić information content (AvgIpc) is 2.52. The maximum absolute atomic E-state index is 12.5. The molecule has 0 saturated carbocycles. The van der Waals surface area contributed by atoms with E-state index in [1.807, 2.05) is 31.2 Å². The summed E-state index contributed by atoms with van der Waals surface area (Å²) >= 11 is 0.